The Hall–Kier alpha value is -0.960. The highest BCUT2D eigenvalue weighted by atomic mass is 35.5. The van der Waals surface area contributed by atoms with Crippen LogP contribution in [0, 0.1) is 0 Å². The molecule has 1 aliphatic carbocycles. The molecule has 0 saturated carbocycles. The third-order valence-corrected chi connectivity index (χ3v) is 5.17. The van der Waals surface area contributed by atoms with Crippen molar-refractivity contribution in [1.82, 2.24) is 5.32 Å². The summed E-state index contributed by atoms with van der Waals surface area (Å²) in [6, 6.07) is 13.0. The number of fused-ring (bicyclic) bond motifs is 1. The number of halogens is 1. The summed E-state index contributed by atoms with van der Waals surface area (Å²) in [5.41, 5.74) is 4.23. The van der Waals surface area contributed by atoms with E-state index in [1.807, 2.05) is 30.9 Å². The number of aryl methyl sites for hydroxylation is 2. The van der Waals surface area contributed by atoms with Gasteiger partial charge in [-0.3, -0.25) is 0 Å². The summed E-state index contributed by atoms with van der Waals surface area (Å²) >= 11 is 8.12. The first-order valence-electron chi connectivity index (χ1n) is 6.99. The molecule has 3 rings (SSSR count). The zero-order valence-electron chi connectivity index (χ0n) is 11.6. The molecule has 0 amide bonds. The van der Waals surface area contributed by atoms with Crippen LogP contribution in [0.5, 0.6) is 0 Å². The molecule has 20 heavy (non-hydrogen) atoms. The first-order valence-corrected chi connectivity index (χ1v) is 8.19. The van der Waals surface area contributed by atoms with E-state index in [4.69, 9.17) is 11.6 Å². The zero-order chi connectivity index (χ0) is 13.9. The van der Waals surface area contributed by atoms with Gasteiger partial charge >= 0.3 is 0 Å². The normalized spacial score (nSPS) is 13.5. The third-order valence-electron chi connectivity index (χ3n) is 3.73. The Morgan fingerprint density at radius 1 is 1.15 bits per heavy atom. The number of nitrogens with one attached hydrogen (secondary N) is 1. The largest absolute Gasteiger partial charge is 0.316 e. The Morgan fingerprint density at radius 3 is 2.85 bits per heavy atom. The van der Waals surface area contributed by atoms with Crippen LogP contribution in [0.15, 0.2) is 46.2 Å². The molecule has 0 spiro atoms. The SMILES string of the molecule is CNCc1c(Cl)cccc1Sc1ccc2c(c1)CCC2. The van der Waals surface area contributed by atoms with Gasteiger partial charge in [0.15, 0.2) is 0 Å². The van der Waals surface area contributed by atoms with Gasteiger partial charge in [-0.1, -0.05) is 35.5 Å². The minimum absolute atomic E-state index is 0.799. The van der Waals surface area contributed by atoms with E-state index in [0.29, 0.717) is 0 Å². The van der Waals surface area contributed by atoms with Crippen LogP contribution in [0.2, 0.25) is 5.02 Å². The Morgan fingerprint density at radius 2 is 2.00 bits per heavy atom. The average Bonchev–Trinajstić information content (AvgIpc) is 2.90. The molecule has 0 heterocycles. The van der Waals surface area contributed by atoms with Gasteiger partial charge in [0.1, 0.15) is 0 Å². The summed E-state index contributed by atoms with van der Waals surface area (Å²) in [4.78, 5) is 2.55. The Kier molecular flexibility index (Phi) is 4.35. The highest BCUT2D eigenvalue weighted by Gasteiger charge is 2.13. The summed E-state index contributed by atoms with van der Waals surface area (Å²) in [5.74, 6) is 0. The first-order chi connectivity index (χ1) is 9.78. The number of benzene rings is 2. The van der Waals surface area contributed by atoms with Gasteiger partial charge < -0.3 is 5.32 Å². The molecule has 0 aliphatic heterocycles. The van der Waals surface area contributed by atoms with Crippen LogP contribution < -0.4 is 5.32 Å². The van der Waals surface area contributed by atoms with E-state index in [-0.39, 0.29) is 0 Å². The molecule has 0 radical (unpaired) electrons. The molecule has 0 atom stereocenters. The molecule has 1 nitrogen and oxygen atoms in total. The minimum atomic E-state index is 0.799. The van der Waals surface area contributed by atoms with E-state index < -0.39 is 0 Å². The lowest BCUT2D eigenvalue weighted by atomic mass is 10.1. The van der Waals surface area contributed by atoms with E-state index in [1.54, 1.807) is 0 Å². The van der Waals surface area contributed by atoms with Gasteiger partial charge in [0.25, 0.3) is 0 Å². The van der Waals surface area contributed by atoms with E-state index in [0.717, 1.165) is 11.6 Å². The molecule has 0 bridgehead atoms. The second kappa shape index (κ2) is 6.21. The summed E-state index contributed by atoms with van der Waals surface area (Å²) in [6.07, 6.45) is 3.76. The van der Waals surface area contributed by atoms with E-state index in [2.05, 4.69) is 29.6 Å². The third kappa shape index (κ3) is 2.88. The molecule has 1 aliphatic rings. The lowest BCUT2D eigenvalue weighted by Crippen LogP contribution is -2.06. The van der Waals surface area contributed by atoms with E-state index in [1.165, 1.54) is 45.7 Å². The van der Waals surface area contributed by atoms with E-state index >= 15 is 0 Å². The molecular weight excluding hydrogens is 286 g/mol. The highest BCUT2D eigenvalue weighted by Crippen LogP contribution is 2.35. The fraction of sp³-hybridized carbons (Fsp3) is 0.294. The quantitative estimate of drug-likeness (QED) is 0.878. The number of hydrogen-bond donors (Lipinski definition) is 1. The van der Waals surface area contributed by atoms with Crippen molar-refractivity contribution in [2.75, 3.05) is 7.05 Å². The predicted molar refractivity (Wildman–Crippen MR) is 86.8 cm³/mol. The van der Waals surface area contributed by atoms with Gasteiger partial charge in [-0.05, 0) is 67.3 Å². The zero-order valence-corrected chi connectivity index (χ0v) is 13.2. The summed E-state index contributed by atoms with van der Waals surface area (Å²) in [5, 5.41) is 4.03. The van der Waals surface area contributed by atoms with Crippen LogP contribution in [-0.2, 0) is 19.4 Å². The van der Waals surface area contributed by atoms with Crippen LogP contribution in [0.3, 0.4) is 0 Å². The molecular formula is C17H18ClNS. The van der Waals surface area contributed by atoms with Gasteiger partial charge in [-0.25, -0.2) is 0 Å². The molecule has 0 unspecified atom stereocenters. The van der Waals surface area contributed by atoms with Crippen molar-refractivity contribution in [3.63, 3.8) is 0 Å². The van der Waals surface area contributed by atoms with Gasteiger partial charge in [0, 0.05) is 21.4 Å². The molecule has 0 aromatic heterocycles. The Labute approximate surface area is 129 Å². The molecule has 3 heteroatoms. The maximum atomic E-state index is 6.31. The Bertz CT molecular complexity index is 624. The summed E-state index contributed by atoms with van der Waals surface area (Å²) in [6.45, 7) is 0.799. The fourth-order valence-electron chi connectivity index (χ4n) is 2.72. The second-order valence-electron chi connectivity index (χ2n) is 5.13. The second-order valence-corrected chi connectivity index (χ2v) is 6.66. The lowest BCUT2D eigenvalue weighted by Gasteiger charge is -2.11. The van der Waals surface area contributed by atoms with E-state index in [9.17, 15) is 0 Å². The highest BCUT2D eigenvalue weighted by molar-refractivity contribution is 7.99. The van der Waals surface area contributed by atoms with Gasteiger partial charge in [-0.2, -0.15) is 0 Å². The molecule has 1 N–H and O–H groups in total. The van der Waals surface area contributed by atoms with Gasteiger partial charge in [0.05, 0.1) is 0 Å². The summed E-state index contributed by atoms with van der Waals surface area (Å²) in [7, 11) is 1.95. The van der Waals surface area contributed by atoms with Crippen molar-refractivity contribution < 1.29 is 0 Å². The average molecular weight is 304 g/mol. The van der Waals surface area contributed by atoms with Gasteiger partial charge in [-0.15, -0.1) is 0 Å². The smallest absolute Gasteiger partial charge is 0.0462 e. The van der Waals surface area contributed by atoms with Crippen LogP contribution in [0.25, 0.3) is 0 Å². The van der Waals surface area contributed by atoms with Crippen molar-refractivity contribution in [2.45, 2.75) is 35.6 Å². The molecule has 2 aromatic carbocycles. The van der Waals surface area contributed by atoms with Crippen LogP contribution in [-0.4, -0.2) is 7.05 Å². The van der Waals surface area contributed by atoms with Crippen LogP contribution >= 0.6 is 23.4 Å². The molecule has 0 saturated heterocycles. The molecule has 2 aromatic rings. The molecule has 104 valence electrons. The number of rotatable bonds is 4. The van der Waals surface area contributed by atoms with Crippen LogP contribution in [0.4, 0.5) is 0 Å². The van der Waals surface area contributed by atoms with Crippen molar-refractivity contribution >= 4 is 23.4 Å². The standard InChI is InChI=1S/C17H18ClNS/c1-19-11-15-16(18)6-3-7-17(15)20-14-9-8-12-4-2-5-13(12)10-14/h3,6-10,19H,2,4-5,11H2,1H3. The fourth-order valence-corrected chi connectivity index (χ4v) is 4.06. The minimum Gasteiger partial charge on any atom is -0.316 e. The van der Waals surface area contributed by atoms with Crippen molar-refractivity contribution in [2.24, 2.45) is 0 Å². The first kappa shape index (κ1) is 14.0. The summed E-state index contributed by atoms with van der Waals surface area (Å²) < 4.78 is 0. The van der Waals surface area contributed by atoms with Crippen LogP contribution in [0.1, 0.15) is 23.1 Å². The predicted octanol–water partition coefficient (Wildman–Crippen LogP) is 4.70. The van der Waals surface area contributed by atoms with Crippen molar-refractivity contribution in [1.29, 1.82) is 0 Å². The molecule has 0 fully saturated rings. The van der Waals surface area contributed by atoms with Crippen molar-refractivity contribution in [3.8, 4) is 0 Å². The lowest BCUT2D eigenvalue weighted by molar-refractivity contribution is 0.803. The maximum absolute atomic E-state index is 6.31. The van der Waals surface area contributed by atoms with Crippen molar-refractivity contribution in [3.05, 3.63) is 58.1 Å². The van der Waals surface area contributed by atoms with Gasteiger partial charge in [0.2, 0.25) is 0 Å². The monoisotopic (exact) mass is 303 g/mol. The topological polar surface area (TPSA) is 12.0 Å². The maximum Gasteiger partial charge on any atom is 0.0462 e. The Balaban J connectivity index is 1.89. The number of hydrogen-bond acceptors (Lipinski definition) is 2.